The van der Waals surface area contributed by atoms with Gasteiger partial charge < -0.3 is 20.5 Å². The van der Waals surface area contributed by atoms with Crippen molar-refractivity contribution in [2.24, 2.45) is 11.7 Å². The first-order valence-electron chi connectivity index (χ1n) is 8.40. The SMILES string of the molecule is CC(C)(C)OC(=O)C(C1CCNCC1)N1CCOC(CN)C1. The van der Waals surface area contributed by atoms with Crippen molar-refractivity contribution < 1.29 is 14.3 Å². The van der Waals surface area contributed by atoms with Crippen molar-refractivity contribution >= 4 is 5.97 Å². The van der Waals surface area contributed by atoms with E-state index in [1.54, 1.807) is 0 Å². The smallest absolute Gasteiger partial charge is 0.324 e. The van der Waals surface area contributed by atoms with E-state index in [1.807, 2.05) is 20.8 Å². The molecule has 2 saturated heterocycles. The number of morpholine rings is 1. The van der Waals surface area contributed by atoms with Crippen LogP contribution >= 0.6 is 0 Å². The van der Waals surface area contributed by atoms with Crippen LogP contribution in [-0.2, 0) is 14.3 Å². The topological polar surface area (TPSA) is 76.8 Å². The van der Waals surface area contributed by atoms with E-state index in [1.165, 1.54) is 0 Å². The lowest BCUT2D eigenvalue weighted by Crippen LogP contribution is -2.57. The molecule has 0 aromatic heterocycles. The van der Waals surface area contributed by atoms with Crippen LogP contribution in [-0.4, -0.2) is 67.9 Å². The van der Waals surface area contributed by atoms with Gasteiger partial charge in [0.15, 0.2) is 0 Å². The Morgan fingerprint density at radius 3 is 2.68 bits per heavy atom. The molecule has 2 atom stereocenters. The Labute approximate surface area is 133 Å². The van der Waals surface area contributed by atoms with E-state index in [4.69, 9.17) is 15.2 Å². The highest BCUT2D eigenvalue weighted by molar-refractivity contribution is 5.76. The second kappa shape index (κ2) is 7.73. The molecule has 2 rings (SSSR count). The third kappa shape index (κ3) is 4.91. The number of rotatable bonds is 4. The van der Waals surface area contributed by atoms with Gasteiger partial charge in [0.25, 0.3) is 0 Å². The highest BCUT2D eigenvalue weighted by Gasteiger charge is 2.39. The summed E-state index contributed by atoms with van der Waals surface area (Å²) in [5.41, 5.74) is 5.29. The summed E-state index contributed by atoms with van der Waals surface area (Å²) in [6, 6.07) is -0.181. The van der Waals surface area contributed by atoms with Gasteiger partial charge in [0.2, 0.25) is 0 Å². The summed E-state index contributed by atoms with van der Waals surface area (Å²) in [4.78, 5) is 15.0. The third-order valence-corrected chi connectivity index (χ3v) is 4.31. The summed E-state index contributed by atoms with van der Waals surface area (Å²) in [6.07, 6.45) is 2.03. The standard InChI is InChI=1S/C16H31N3O3/c1-16(2,3)22-15(20)14(12-4-6-18-7-5-12)19-8-9-21-13(10-17)11-19/h12-14,18H,4-11,17H2,1-3H3. The van der Waals surface area contributed by atoms with E-state index in [9.17, 15) is 4.79 Å². The van der Waals surface area contributed by atoms with Crippen LogP contribution in [0.5, 0.6) is 0 Å². The molecule has 0 amide bonds. The van der Waals surface area contributed by atoms with Crippen LogP contribution in [0, 0.1) is 5.92 Å². The Hall–Kier alpha value is -0.690. The highest BCUT2D eigenvalue weighted by atomic mass is 16.6. The van der Waals surface area contributed by atoms with Crippen LogP contribution in [0.3, 0.4) is 0 Å². The van der Waals surface area contributed by atoms with Crippen LogP contribution in [0.15, 0.2) is 0 Å². The first-order chi connectivity index (χ1) is 10.4. The zero-order valence-electron chi connectivity index (χ0n) is 14.1. The maximum Gasteiger partial charge on any atom is 0.324 e. The predicted molar refractivity (Wildman–Crippen MR) is 85.6 cm³/mol. The van der Waals surface area contributed by atoms with Crippen molar-refractivity contribution in [1.82, 2.24) is 10.2 Å². The number of nitrogens with two attached hydrogens (primary N) is 1. The maximum atomic E-state index is 12.8. The number of esters is 1. The normalized spacial score (nSPS) is 26.6. The van der Waals surface area contributed by atoms with Crippen LogP contribution < -0.4 is 11.1 Å². The average molecular weight is 313 g/mol. The number of nitrogens with one attached hydrogen (secondary N) is 1. The monoisotopic (exact) mass is 313 g/mol. The van der Waals surface area contributed by atoms with E-state index < -0.39 is 5.60 Å². The van der Waals surface area contributed by atoms with Gasteiger partial charge in [-0.05, 0) is 52.6 Å². The zero-order valence-corrected chi connectivity index (χ0v) is 14.1. The lowest BCUT2D eigenvalue weighted by atomic mass is 9.88. The Bertz CT molecular complexity index is 364. The van der Waals surface area contributed by atoms with Crippen molar-refractivity contribution in [3.05, 3.63) is 0 Å². The number of carbonyl (C=O) groups excluding carboxylic acids is 1. The summed E-state index contributed by atoms with van der Waals surface area (Å²) < 4.78 is 11.3. The van der Waals surface area contributed by atoms with Crippen LogP contribution in [0.2, 0.25) is 0 Å². The lowest BCUT2D eigenvalue weighted by molar-refractivity contribution is -0.167. The highest BCUT2D eigenvalue weighted by Crippen LogP contribution is 2.25. The number of nitrogens with zero attached hydrogens (tertiary/aromatic N) is 1. The van der Waals surface area contributed by atoms with Gasteiger partial charge in [-0.15, -0.1) is 0 Å². The zero-order chi connectivity index (χ0) is 16.2. The number of hydrogen-bond donors (Lipinski definition) is 2. The largest absolute Gasteiger partial charge is 0.459 e. The lowest BCUT2D eigenvalue weighted by Gasteiger charge is -2.42. The van der Waals surface area contributed by atoms with Gasteiger partial charge in [0.1, 0.15) is 11.6 Å². The molecule has 2 aliphatic rings. The van der Waals surface area contributed by atoms with Crippen molar-refractivity contribution in [3.8, 4) is 0 Å². The van der Waals surface area contributed by atoms with Crippen LogP contribution in [0.1, 0.15) is 33.6 Å². The first-order valence-corrected chi connectivity index (χ1v) is 8.40. The molecule has 6 heteroatoms. The molecule has 2 aliphatic heterocycles. The maximum absolute atomic E-state index is 12.8. The molecule has 0 aromatic carbocycles. The molecule has 2 heterocycles. The van der Waals surface area contributed by atoms with Crippen molar-refractivity contribution in [3.63, 3.8) is 0 Å². The average Bonchev–Trinajstić information content (AvgIpc) is 2.47. The summed E-state index contributed by atoms with van der Waals surface area (Å²) >= 11 is 0. The molecule has 0 radical (unpaired) electrons. The molecule has 2 fully saturated rings. The molecule has 0 aromatic rings. The van der Waals surface area contributed by atoms with E-state index in [-0.39, 0.29) is 18.1 Å². The molecule has 0 bridgehead atoms. The van der Waals surface area contributed by atoms with Crippen molar-refractivity contribution in [2.45, 2.75) is 51.4 Å². The van der Waals surface area contributed by atoms with Crippen LogP contribution in [0.25, 0.3) is 0 Å². The van der Waals surface area contributed by atoms with Crippen LogP contribution in [0.4, 0.5) is 0 Å². The van der Waals surface area contributed by atoms with Gasteiger partial charge in [0, 0.05) is 19.6 Å². The second-order valence-corrected chi connectivity index (χ2v) is 7.29. The van der Waals surface area contributed by atoms with E-state index in [0.717, 1.165) is 32.5 Å². The molecule has 0 saturated carbocycles. The quantitative estimate of drug-likeness (QED) is 0.730. The molecule has 6 nitrogen and oxygen atoms in total. The Morgan fingerprint density at radius 1 is 1.41 bits per heavy atom. The number of carbonyl (C=O) groups is 1. The van der Waals surface area contributed by atoms with Gasteiger partial charge in [0.05, 0.1) is 12.7 Å². The second-order valence-electron chi connectivity index (χ2n) is 7.29. The van der Waals surface area contributed by atoms with Gasteiger partial charge in [-0.1, -0.05) is 0 Å². The molecule has 3 N–H and O–H groups in total. The molecule has 2 unspecified atom stereocenters. The molecule has 22 heavy (non-hydrogen) atoms. The number of hydrogen-bond acceptors (Lipinski definition) is 6. The van der Waals surface area contributed by atoms with Gasteiger partial charge in [-0.2, -0.15) is 0 Å². The van der Waals surface area contributed by atoms with Gasteiger partial charge in [-0.3, -0.25) is 9.69 Å². The Balaban J connectivity index is 2.11. The van der Waals surface area contributed by atoms with Gasteiger partial charge >= 0.3 is 5.97 Å². The number of ether oxygens (including phenoxy) is 2. The molecular weight excluding hydrogens is 282 g/mol. The Morgan fingerprint density at radius 2 is 2.09 bits per heavy atom. The minimum absolute atomic E-state index is 0.0143. The molecular formula is C16H31N3O3. The minimum Gasteiger partial charge on any atom is -0.459 e. The fraction of sp³-hybridized carbons (Fsp3) is 0.938. The molecule has 0 spiro atoms. The predicted octanol–water partition coefficient (Wildman–Crippen LogP) is 0.356. The fourth-order valence-electron chi connectivity index (χ4n) is 3.30. The van der Waals surface area contributed by atoms with E-state index in [0.29, 0.717) is 25.6 Å². The first kappa shape index (κ1) is 17.7. The molecule has 128 valence electrons. The van der Waals surface area contributed by atoms with Gasteiger partial charge in [-0.25, -0.2) is 0 Å². The fourth-order valence-corrected chi connectivity index (χ4v) is 3.30. The Kier molecular flexibility index (Phi) is 6.20. The summed E-state index contributed by atoms with van der Waals surface area (Å²) in [6.45, 7) is 10.3. The minimum atomic E-state index is -0.457. The summed E-state index contributed by atoms with van der Waals surface area (Å²) in [5, 5.41) is 3.36. The van der Waals surface area contributed by atoms with E-state index in [2.05, 4.69) is 10.2 Å². The molecule has 0 aliphatic carbocycles. The van der Waals surface area contributed by atoms with Crippen molar-refractivity contribution in [1.29, 1.82) is 0 Å². The van der Waals surface area contributed by atoms with E-state index >= 15 is 0 Å². The number of piperidine rings is 1. The van der Waals surface area contributed by atoms with Crippen molar-refractivity contribution in [2.75, 3.05) is 39.3 Å². The summed E-state index contributed by atoms with van der Waals surface area (Å²) in [7, 11) is 0. The third-order valence-electron chi connectivity index (χ3n) is 4.31. The summed E-state index contributed by atoms with van der Waals surface area (Å²) in [5.74, 6) is 0.240.